The van der Waals surface area contributed by atoms with Gasteiger partial charge in [-0.15, -0.1) is 0 Å². The molecule has 2 aromatic carbocycles. The average Bonchev–Trinajstić information content (AvgIpc) is 2.32. The Bertz CT molecular complexity index is 599. The number of nitrogen functional groups attached to an aromatic ring is 1. The molecule has 0 bridgehead atoms. The summed E-state index contributed by atoms with van der Waals surface area (Å²) in [7, 11) is 0. The van der Waals surface area contributed by atoms with Gasteiger partial charge in [-0.2, -0.15) is 0 Å². The fraction of sp³-hybridized carbons (Fsp3) is 0. The highest BCUT2D eigenvalue weighted by Gasteiger charge is 2.08. The minimum absolute atomic E-state index is 0.0340. The number of aromatic hydroxyl groups is 1. The lowest BCUT2D eigenvalue weighted by Gasteiger charge is -2.08. The highest BCUT2D eigenvalue weighted by atomic mass is 35.5. The van der Waals surface area contributed by atoms with Crippen molar-refractivity contribution in [2.45, 2.75) is 0 Å². The van der Waals surface area contributed by atoms with E-state index >= 15 is 0 Å². The molecule has 4 N–H and O–H groups in total. The Morgan fingerprint density at radius 3 is 2.67 bits per heavy atom. The van der Waals surface area contributed by atoms with Gasteiger partial charge in [-0.1, -0.05) is 17.7 Å². The Morgan fingerprint density at radius 2 is 2.00 bits per heavy atom. The summed E-state index contributed by atoms with van der Waals surface area (Å²) < 4.78 is 0. The van der Waals surface area contributed by atoms with E-state index in [9.17, 15) is 9.90 Å². The molecule has 0 heterocycles. The van der Waals surface area contributed by atoms with Crippen molar-refractivity contribution >= 4 is 28.9 Å². The lowest BCUT2D eigenvalue weighted by molar-refractivity contribution is 0.102. The van der Waals surface area contributed by atoms with Crippen LogP contribution in [0.5, 0.6) is 5.75 Å². The summed E-state index contributed by atoms with van der Waals surface area (Å²) >= 11 is 5.77. The number of halogens is 1. The quantitative estimate of drug-likeness (QED) is 0.729. The van der Waals surface area contributed by atoms with E-state index in [0.717, 1.165) is 0 Å². The van der Waals surface area contributed by atoms with Gasteiger partial charge >= 0.3 is 0 Å². The number of phenols is 1. The second-order valence-electron chi connectivity index (χ2n) is 3.74. The Morgan fingerprint density at radius 1 is 1.22 bits per heavy atom. The summed E-state index contributed by atoms with van der Waals surface area (Å²) in [4.78, 5) is 11.9. The molecule has 2 aromatic rings. The van der Waals surface area contributed by atoms with Crippen molar-refractivity contribution in [3.63, 3.8) is 0 Å². The molecule has 0 spiro atoms. The molecular formula is C13H11ClN2O2. The smallest absolute Gasteiger partial charge is 0.255 e. The van der Waals surface area contributed by atoms with Crippen LogP contribution in [0.1, 0.15) is 10.4 Å². The second-order valence-corrected chi connectivity index (χ2v) is 4.17. The van der Waals surface area contributed by atoms with Gasteiger partial charge in [0.2, 0.25) is 0 Å². The number of carbonyl (C=O) groups is 1. The number of nitrogens with one attached hydrogen (secondary N) is 1. The average molecular weight is 263 g/mol. The molecule has 2 rings (SSSR count). The first-order chi connectivity index (χ1) is 8.56. The zero-order chi connectivity index (χ0) is 13.1. The number of nitrogens with two attached hydrogens (primary N) is 1. The third kappa shape index (κ3) is 2.73. The minimum Gasteiger partial charge on any atom is -0.508 e. The standard InChI is InChI=1S/C13H11ClN2O2/c14-9-4-5-12(11(15)7-9)16-13(18)8-2-1-3-10(17)6-8/h1-7,17H,15H2,(H,16,18). The van der Waals surface area contributed by atoms with E-state index < -0.39 is 0 Å². The molecule has 18 heavy (non-hydrogen) atoms. The van der Waals surface area contributed by atoms with Gasteiger partial charge in [-0.3, -0.25) is 4.79 Å². The fourth-order valence-electron chi connectivity index (χ4n) is 1.49. The summed E-state index contributed by atoms with van der Waals surface area (Å²) in [5.74, 6) is -0.313. The van der Waals surface area contributed by atoms with Crippen LogP contribution in [0.25, 0.3) is 0 Å². The summed E-state index contributed by atoms with van der Waals surface area (Å²) in [6.45, 7) is 0. The zero-order valence-electron chi connectivity index (χ0n) is 9.35. The topological polar surface area (TPSA) is 75.3 Å². The molecule has 0 aliphatic carbocycles. The first-order valence-electron chi connectivity index (χ1n) is 5.21. The third-order valence-corrected chi connectivity index (χ3v) is 2.61. The summed E-state index contributed by atoms with van der Waals surface area (Å²) in [5, 5.41) is 12.4. The van der Waals surface area contributed by atoms with Gasteiger partial charge in [0.05, 0.1) is 11.4 Å². The van der Waals surface area contributed by atoms with E-state index in [4.69, 9.17) is 17.3 Å². The van der Waals surface area contributed by atoms with E-state index in [1.54, 1.807) is 30.3 Å². The number of anilines is 2. The molecule has 92 valence electrons. The lowest BCUT2D eigenvalue weighted by Crippen LogP contribution is -2.12. The van der Waals surface area contributed by atoms with Crippen LogP contribution in [0.3, 0.4) is 0 Å². The first kappa shape index (κ1) is 12.3. The Balaban J connectivity index is 2.21. The van der Waals surface area contributed by atoms with Crippen molar-refractivity contribution in [1.82, 2.24) is 0 Å². The van der Waals surface area contributed by atoms with E-state index in [0.29, 0.717) is 22.0 Å². The maximum atomic E-state index is 11.9. The Kier molecular flexibility index (Phi) is 3.39. The molecule has 1 amide bonds. The normalized spacial score (nSPS) is 10.1. The maximum Gasteiger partial charge on any atom is 0.255 e. The molecule has 0 aliphatic rings. The van der Waals surface area contributed by atoms with Crippen molar-refractivity contribution in [2.24, 2.45) is 0 Å². The SMILES string of the molecule is Nc1cc(Cl)ccc1NC(=O)c1cccc(O)c1. The number of rotatable bonds is 2. The molecule has 0 unspecified atom stereocenters. The molecule has 0 saturated carbocycles. The number of phenolic OH excluding ortho intramolecular Hbond substituents is 1. The number of amides is 1. The minimum atomic E-state index is -0.347. The second kappa shape index (κ2) is 4.98. The highest BCUT2D eigenvalue weighted by molar-refractivity contribution is 6.31. The van der Waals surface area contributed by atoms with Crippen LogP contribution in [0.2, 0.25) is 5.02 Å². The fourth-order valence-corrected chi connectivity index (χ4v) is 1.67. The predicted molar refractivity (Wildman–Crippen MR) is 71.9 cm³/mol. The molecule has 5 heteroatoms. The summed E-state index contributed by atoms with van der Waals surface area (Å²) in [6.07, 6.45) is 0. The molecule has 0 aliphatic heterocycles. The highest BCUT2D eigenvalue weighted by Crippen LogP contribution is 2.23. The number of benzene rings is 2. The van der Waals surface area contributed by atoms with Crippen molar-refractivity contribution in [3.8, 4) is 5.75 Å². The van der Waals surface area contributed by atoms with E-state index in [1.165, 1.54) is 12.1 Å². The van der Waals surface area contributed by atoms with E-state index in [-0.39, 0.29) is 11.7 Å². The Labute approximate surface area is 109 Å². The van der Waals surface area contributed by atoms with Crippen molar-refractivity contribution in [3.05, 3.63) is 53.1 Å². The van der Waals surface area contributed by atoms with Gasteiger partial charge in [-0.25, -0.2) is 0 Å². The van der Waals surface area contributed by atoms with Gasteiger partial charge in [0.25, 0.3) is 5.91 Å². The number of hydrogen-bond acceptors (Lipinski definition) is 3. The van der Waals surface area contributed by atoms with Crippen LogP contribution >= 0.6 is 11.6 Å². The van der Waals surface area contributed by atoms with E-state index in [1.807, 2.05) is 0 Å². The van der Waals surface area contributed by atoms with Gasteiger partial charge in [0.15, 0.2) is 0 Å². The van der Waals surface area contributed by atoms with Crippen LogP contribution < -0.4 is 11.1 Å². The Hall–Kier alpha value is -2.20. The van der Waals surface area contributed by atoms with Gasteiger partial charge in [-0.05, 0) is 36.4 Å². The number of hydrogen-bond donors (Lipinski definition) is 3. The molecule has 0 saturated heterocycles. The predicted octanol–water partition coefficient (Wildman–Crippen LogP) is 2.88. The first-order valence-corrected chi connectivity index (χ1v) is 5.59. The van der Waals surface area contributed by atoms with Crippen molar-refractivity contribution in [2.75, 3.05) is 11.1 Å². The lowest BCUT2D eigenvalue weighted by atomic mass is 10.2. The molecule has 0 fully saturated rings. The maximum absolute atomic E-state index is 11.9. The third-order valence-electron chi connectivity index (χ3n) is 2.37. The van der Waals surface area contributed by atoms with Crippen LogP contribution in [0, 0.1) is 0 Å². The van der Waals surface area contributed by atoms with Crippen LogP contribution in [0.4, 0.5) is 11.4 Å². The van der Waals surface area contributed by atoms with Crippen molar-refractivity contribution < 1.29 is 9.90 Å². The van der Waals surface area contributed by atoms with Gasteiger partial charge < -0.3 is 16.2 Å². The van der Waals surface area contributed by atoms with Gasteiger partial charge in [0, 0.05) is 10.6 Å². The van der Waals surface area contributed by atoms with Gasteiger partial charge in [0.1, 0.15) is 5.75 Å². The monoisotopic (exact) mass is 262 g/mol. The van der Waals surface area contributed by atoms with Crippen LogP contribution in [-0.4, -0.2) is 11.0 Å². The number of carbonyl (C=O) groups excluding carboxylic acids is 1. The van der Waals surface area contributed by atoms with Crippen LogP contribution in [-0.2, 0) is 0 Å². The largest absolute Gasteiger partial charge is 0.508 e. The van der Waals surface area contributed by atoms with Crippen LogP contribution in [0.15, 0.2) is 42.5 Å². The molecule has 0 aromatic heterocycles. The summed E-state index contributed by atoms with van der Waals surface area (Å²) in [6, 6.07) is 10.9. The van der Waals surface area contributed by atoms with E-state index in [2.05, 4.69) is 5.32 Å². The van der Waals surface area contributed by atoms with Crippen molar-refractivity contribution in [1.29, 1.82) is 0 Å². The zero-order valence-corrected chi connectivity index (χ0v) is 10.1. The molecule has 4 nitrogen and oxygen atoms in total. The summed E-state index contributed by atoms with van der Waals surface area (Å²) in [5.41, 5.74) is 6.94. The molecule has 0 radical (unpaired) electrons. The molecule has 0 atom stereocenters. The molecular weight excluding hydrogens is 252 g/mol.